The van der Waals surface area contributed by atoms with E-state index in [9.17, 15) is 4.79 Å². The minimum absolute atomic E-state index is 0.00190. The molecule has 0 aliphatic heterocycles. The molecule has 0 aromatic heterocycles. The molecular weight excluding hydrogens is 336 g/mol. The molecule has 3 rings (SSSR count). The number of rotatable bonds is 6. The molecule has 2 saturated carbocycles. The van der Waals surface area contributed by atoms with E-state index >= 15 is 0 Å². The molecule has 27 heavy (non-hydrogen) atoms. The van der Waals surface area contributed by atoms with E-state index in [0.717, 1.165) is 18.6 Å². The van der Waals surface area contributed by atoms with Crippen molar-refractivity contribution in [3.63, 3.8) is 0 Å². The molecule has 0 heterocycles. The predicted octanol–water partition coefficient (Wildman–Crippen LogP) is 5.51. The van der Waals surface area contributed by atoms with Gasteiger partial charge in [-0.05, 0) is 54.2 Å². The van der Waals surface area contributed by atoms with Gasteiger partial charge in [-0.1, -0.05) is 53.7 Å². The number of hydrogen-bond acceptors (Lipinski definition) is 3. The molecule has 3 heteroatoms. The summed E-state index contributed by atoms with van der Waals surface area (Å²) in [5, 5.41) is 0. The molecule has 3 nitrogen and oxygen atoms in total. The molecule has 2 aliphatic rings. The van der Waals surface area contributed by atoms with Gasteiger partial charge in [0.25, 0.3) is 0 Å². The molecule has 1 aromatic rings. The van der Waals surface area contributed by atoms with Crippen molar-refractivity contribution in [2.45, 2.75) is 66.9 Å². The van der Waals surface area contributed by atoms with Gasteiger partial charge in [-0.2, -0.15) is 0 Å². The Hall–Kier alpha value is -1.51. The number of carbonyl (C=O) groups is 1. The molecule has 150 valence electrons. The molecule has 0 saturated heterocycles. The standard InChI is InChI=1S/C24H36O3/c1-15(2)16(3)22(25)27-21-19(14-17-8-10-18(26-7)11-9-17)20-12-13-24(21,6)23(20,4)5/h8-11,15-16,19-21H,12-14H2,1-7H3/t16-,19+,20-,21-,24+/m1/s1. The van der Waals surface area contributed by atoms with Crippen LogP contribution in [0, 0.1) is 34.5 Å². The average molecular weight is 373 g/mol. The van der Waals surface area contributed by atoms with E-state index in [4.69, 9.17) is 9.47 Å². The number of ether oxygens (including phenoxy) is 2. The Balaban J connectivity index is 1.86. The molecule has 2 bridgehead atoms. The van der Waals surface area contributed by atoms with Crippen LogP contribution in [-0.4, -0.2) is 19.2 Å². The third-order valence-corrected chi connectivity index (χ3v) is 8.15. The number of carbonyl (C=O) groups excluding carboxylic acids is 1. The summed E-state index contributed by atoms with van der Waals surface area (Å²) in [7, 11) is 1.69. The van der Waals surface area contributed by atoms with E-state index in [-0.39, 0.29) is 28.8 Å². The monoisotopic (exact) mass is 372 g/mol. The Morgan fingerprint density at radius 1 is 1.15 bits per heavy atom. The first-order valence-corrected chi connectivity index (χ1v) is 10.4. The molecule has 0 unspecified atom stereocenters. The van der Waals surface area contributed by atoms with Gasteiger partial charge in [0.2, 0.25) is 0 Å². The molecule has 2 aliphatic carbocycles. The molecular formula is C24H36O3. The fourth-order valence-electron chi connectivity index (χ4n) is 5.51. The Morgan fingerprint density at radius 3 is 2.33 bits per heavy atom. The van der Waals surface area contributed by atoms with Crippen molar-refractivity contribution in [3.8, 4) is 5.75 Å². The predicted molar refractivity (Wildman–Crippen MR) is 109 cm³/mol. The average Bonchev–Trinajstić information content (AvgIpc) is 2.94. The zero-order valence-corrected chi connectivity index (χ0v) is 18.0. The second-order valence-electron chi connectivity index (χ2n) is 9.89. The van der Waals surface area contributed by atoms with Gasteiger partial charge >= 0.3 is 5.97 Å². The first-order chi connectivity index (χ1) is 12.6. The van der Waals surface area contributed by atoms with Crippen LogP contribution in [0.2, 0.25) is 0 Å². The van der Waals surface area contributed by atoms with Crippen LogP contribution in [0.4, 0.5) is 0 Å². The minimum atomic E-state index is -0.0579. The second-order valence-corrected chi connectivity index (χ2v) is 9.89. The fraction of sp³-hybridized carbons (Fsp3) is 0.708. The van der Waals surface area contributed by atoms with Gasteiger partial charge in [-0.15, -0.1) is 0 Å². The van der Waals surface area contributed by atoms with E-state index in [1.807, 2.05) is 19.1 Å². The van der Waals surface area contributed by atoms with Crippen LogP contribution in [0.5, 0.6) is 5.75 Å². The van der Waals surface area contributed by atoms with Gasteiger partial charge in [0.15, 0.2) is 0 Å². The highest BCUT2D eigenvalue weighted by atomic mass is 16.5. The third-order valence-electron chi connectivity index (χ3n) is 8.15. The van der Waals surface area contributed by atoms with Crippen molar-refractivity contribution in [1.29, 1.82) is 0 Å². The molecule has 2 fully saturated rings. The molecule has 0 N–H and O–H groups in total. The Morgan fingerprint density at radius 2 is 1.78 bits per heavy atom. The van der Waals surface area contributed by atoms with Crippen LogP contribution in [0.1, 0.15) is 59.9 Å². The van der Waals surface area contributed by atoms with Crippen LogP contribution in [0.15, 0.2) is 24.3 Å². The van der Waals surface area contributed by atoms with Gasteiger partial charge in [0, 0.05) is 11.3 Å². The lowest BCUT2D eigenvalue weighted by molar-refractivity contribution is -0.166. The number of benzene rings is 1. The number of esters is 1. The zero-order valence-electron chi connectivity index (χ0n) is 18.0. The van der Waals surface area contributed by atoms with Gasteiger partial charge in [-0.3, -0.25) is 4.79 Å². The van der Waals surface area contributed by atoms with Crippen molar-refractivity contribution in [1.82, 2.24) is 0 Å². The lowest BCUT2D eigenvalue weighted by atomic mass is 9.70. The van der Waals surface area contributed by atoms with Gasteiger partial charge in [-0.25, -0.2) is 0 Å². The first-order valence-electron chi connectivity index (χ1n) is 10.4. The van der Waals surface area contributed by atoms with Crippen molar-refractivity contribution in [2.75, 3.05) is 7.11 Å². The quantitative estimate of drug-likeness (QED) is 0.617. The smallest absolute Gasteiger partial charge is 0.309 e. The zero-order chi connectivity index (χ0) is 20.0. The SMILES string of the molecule is COc1ccc(C[C@H]2[C@H]3CC[C@@](C)([C@@H]2OC(=O)[C@H](C)C(C)C)C3(C)C)cc1. The summed E-state index contributed by atoms with van der Waals surface area (Å²) in [4.78, 5) is 12.8. The lowest BCUT2D eigenvalue weighted by Crippen LogP contribution is -2.42. The molecule has 0 radical (unpaired) electrons. The second kappa shape index (κ2) is 7.14. The molecule has 1 aromatic carbocycles. The maximum atomic E-state index is 12.8. The summed E-state index contributed by atoms with van der Waals surface area (Å²) in [6, 6.07) is 8.35. The van der Waals surface area contributed by atoms with Crippen molar-refractivity contribution in [2.24, 2.45) is 34.5 Å². The van der Waals surface area contributed by atoms with Crippen LogP contribution in [0.3, 0.4) is 0 Å². The highest BCUT2D eigenvalue weighted by Gasteiger charge is 2.67. The first kappa shape index (κ1) is 20.2. The van der Waals surface area contributed by atoms with Crippen LogP contribution < -0.4 is 4.74 Å². The van der Waals surface area contributed by atoms with Crippen LogP contribution in [-0.2, 0) is 16.0 Å². The van der Waals surface area contributed by atoms with Crippen LogP contribution >= 0.6 is 0 Å². The van der Waals surface area contributed by atoms with E-state index in [1.54, 1.807) is 7.11 Å². The Labute approximate surface area is 164 Å². The van der Waals surface area contributed by atoms with E-state index in [2.05, 4.69) is 46.8 Å². The Bertz CT molecular complexity index is 675. The summed E-state index contributed by atoms with van der Waals surface area (Å²) < 4.78 is 11.6. The highest BCUT2D eigenvalue weighted by molar-refractivity contribution is 5.72. The maximum absolute atomic E-state index is 12.8. The highest BCUT2D eigenvalue weighted by Crippen LogP contribution is 2.69. The van der Waals surface area contributed by atoms with Crippen molar-refractivity contribution in [3.05, 3.63) is 29.8 Å². The van der Waals surface area contributed by atoms with E-state index < -0.39 is 0 Å². The summed E-state index contributed by atoms with van der Waals surface area (Å²) in [6.45, 7) is 13.3. The lowest BCUT2D eigenvalue weighted by Gasteiger charge is -2.40. The van der Waals surface area contributed by atoms with Crippen LogP contribution in [0.25, 0.3) is 0 Å². The molecule has 5 atom stereocenters. The number of methoxy groups -OCH3 is 1. The van der Waals surface area contributed by atoms with Crippen molar-refractivity contribution >= 4 is 5.97 Å². The van der Waals surface area contributed by atoms with Crippen molar-refractivity contribution < 1.29 is 14.3 Å². The molecule has 0 amide bonds. The maximum Gasteiger partial charge on any atom is 0.309 e. The van der Waals surface area contributed by atoms with Gasteiger partial charge < -0.3 is 9.47 Å². The summed E-state index contributed by atoms with van der Waals surface area (Å²) in [5.74, 6) is 2.08. The Kier molecular flexibility index (Phi) is 5.35. The summed E-state index contributed by atoms with van der Waals surface area (Å²) in [6.07, 6.45) is 3.35. The normalized spacial score (nSPS) is 32.5. The topological polar surface area (TPSA) is 35.5 Å². The third kappa shape index (κ3) is 3.28. The summed E-state index contributed by atoms with van der Waals surface area (Å²) >= 11 is 0. The fourth-order valence-corrected chi connectivity index (χ4v) is 5.51. The van der Waals surface area contributed by atoms with Gasteiger partial charge in [0.1, 0.15) is 11.9 Å². The molecule has 0 spiro atoms. The van der Waals surface area contributed by atoms with Gasteiger partial charge in [0.05, 0.1) is 13.0 Å². The minimum Gasteiger partial charge on any atom is -0.497 e. The van der Waals surface area contributed by atoms with E-state index in [1.165, 1.54) is 12.0 Å². The number of fused-ring (bicyclic) bond motifs is 2. The number of hydrogen-bond donors (Lipinski definition) is 0. The van der Waals surface area contributed by atoms with E-state index in [0.29, 0.717) is 17.8 Å². The largest absolute Gasteiger partial charge is 0.497 e. The summed E-state index contributed by atoms with van der Waals surface area (Å²) in [5.41, 5.74) is 1.54.